The van der Waals surface area contributed by atoms with Gasteiger partial charge >= 0.3 is 0 Å². The molecule has 0 aliphatic rings. The van der Waals surface area contributed by atoms with Gasteiger partial charge in [-0.05, 0) is 17.2 Å². The molecular weight excluding hydrogens is 150 g/mol. The zero-order chi connectivity index (χ0) is 8.97. The second-order valence-electron chi connectivity index (χ2n) is 2.60. The van der Waals surface area contributed by atoms with Crippen LogP contribution in [0.1, 0.15) is 17.2 Å². The van der Waals surface area contributed by atoms with E-state index in [1.54, 1.807) is 18.5 Å². The molecule has 0 saturated carbocycles. The molecule has 64 valence electrons. The number of nitrogens with zero attached hydrogens (tertiary/aromatic N) is 1. The van der Waals surface area contributed by atoms with E-state index in [1.807, 2.05) is 6.07 Å². The third kappa shape index (κ3) is 1.90. The molecule has 0 aliphatic carbocycles. The van der Waals surface area contributed by atoms with E-state index in [4.69, 9.17) is 11.5 Å². The van der Waals surface area contributed by atoms with Crippen LogP contribution >= 0.6 is 0 Å². The lowest BCUT2D eigenvalue weighted by Gasteiger charge is -2.08. The van der Waals surface area contributed by atoms with Gasteiger partial charge in [-0.15, -0.1) is 0 Å². The molecule has 1 heterocycles. The van der Waals surface area contributed by atoms with Crippen LogP contribution in [0.2, 0.25) is 0 Å². The monoisotopic (exact) mass is 163 g/mol. The highest BCUT2D eigenvalue weighted by molar-refractivity contribution is 5.46. The van der Waals surface area contributed by atoms with E-state index in [1.165, 1.54) is 0 Å². The van der Waals surface area contributed by atoms with Gasteiger partial charge in [0.25, 0.3) is 0 Å². The van der Waals surface area contributed by atoms with Crippen LogP contribution in [0, 0.1) is 0 Å². The molecule has 1 rings (SSSR count). The maximum atomic E-state index is 5.72. The first-order valence-electron chi connectivity index (χ1n) is 3.81. The van der Waals surface area contributed by atoms with Crippen LogP contribution in [0.4, 0.5) is 0 Å². The van der Waals surface area contributed by atoms with E-state index >= 15 is 0 Å². The van der Waals surface area contributed by atoms with E-state index in [0.29, 0.717) is 6.54 Å². The molecule has 1 aromatic heterocycles. The van der Waals surface area contributed by atoms with Crippen LogP contribution < -0.4 is 11.5 Å². The van der Waals surface area contributed by atoms with Crippen molar-refractivity contribution in [3.8, 4) is 0 Å². The molecule has 3 heteroatoms. The highest BCUT2D eigenvalue weighted by Gasteiger charge is 2.02. The first kappa shape index (κ1) is 8.90. The fourth-order valence-electron chi connectivity index (χ4n) is 0.927. The van der Waals surface area contributed by atoms with Gasteiger partial charge in [0.2, 0.25) is 0 Å². The van der Waals surface area contributed by atoms with Gasteiger partial charge in [-0.2, -0.15) is 0 Å². The Kier molecular flexibility index (Phi) is 2.96. The Hall–Kier alpha value is -1.19. The van der Waals surface area contributed by atoms with Crippen LogP contribution in [0.5, 0.6) is 0 Å². The summed E-state index contributed by atoms with van der Waals surface area (Å²) in [6, 6.07) is 1.81. The fraction of sp³-hybridized carbons (Fsp3) is 0.222. The minimum absolute atomic E-state index is 0.127. The number of rotatable bonds is 3. The van der Waals surface area contributed by atoms with Crippen molar-refractivity contribution in [2.75, 3.05) is 6.54 Å². The van der Waals surface area contributed by atoms with Gasteiger partial charge in [0.1, 0.15) is 0 Å². The standard InChI is InChI=1S/C9H13N3/c1-2-7-3-8(6-12-5-7)9(11)4-10/h2-3,5-6,9H,1,4,10-11H2. The maximum absolute atomic E-state index is 5.72. The van der Waals surface area contributed by atoms with E-state index in [9.17, 15) is 0 Å². The summed E-state index contributed by atoms with van der Waals surface area (Å²) >= 11 is 0. The van der Waals surface area contributed by atoms with Crippen molar-refractivity contribution in [2.24, 2.45) is 11.5 Å². The minimum atomic E-state index is -0.127. The summed E-state index contributed by atoms with van der Waals surface area (Å²) in [5.41, 5.74) is 13.1. The second-order valence-corrected chi connectivity index (χ2v) is 2.60. The van der Waals surface area contributed by atoms with Gasteiger partial charge in [0.05, 0.1) is 0 Å². The van der Waals surface area contributed by atoms with E-state index in [2.05, 4.69) is 11.6 Å². The third-order valence-corrected chi connectivity index (χ3v) is 1.70. The van der Waals surface area contributed by atoms with Gasteiger partial charge in [0.15, 0.2) is 0 Å². The average Bonchev–Trinajstić information content (AvgIpc) is 2.17. The zero-order valence-electron chi connectivity index (χ0n) is 6.90. The van der Waals surface area contributed by atoms with Gasteiger partial charge in [0, 0.05) is 25.0 Å². The number of hydrogen-bond donors (Lipinski definition) is 2. The molecule has 12 heavy (non-hydrogen) atoms. The van der Waals surface area contributed by atoms with Gasteiger partial charge < -0.3 is 11.5 Å². The number of nitrogens with two attached hydrogens (primary N) is 2. The van der Waals surface area contributed by atoms with Crippen molar-refractivity contribution in [1.29, 1.82) is 0 Å². The fourth-order valence-corrected chi connectivity index (χ4v) is 0.927. The summed E-state index contributed by atoms with van der Waals surface area (Å²) in [6.07, 6.45) is 5.20. The number of hydrogen-bond acceptors (Lipinski definition) is 3. The van der Waals surface area contributed by atoms with Gasteiger partial charge in [-0.3, -0.25) is 4.98 Å². The molecule has 0 aliphatic heterocycles. The van der Waals surface area contributed by atoms with Crippen molar-refractivity contribution < 1.29 is 0 Å². The Balaban J connectivity index is 2.93. The van der Waals surface area contributed by atoms with Crippen molar-refractivity contribution in [3.05, 3.63) is 36.2 Å². The predicted molar refractivity (Wildman–Crippen MR) is 50.3 cm³/mol. The maximum Gasteiger partial charge on any atom is 0.0435 e. The van der Waals surface area contributed by atoms with Crippen molar-refractivity contribution in [2.45, 2.75) is 6.04 Å². The smallest absolute Gasteiger partial charge is 0.0435 e. The van der Waals surface area contributed by atoms with E-state index in [0.717, 1.165) is 11.1 Å². The summed E-state index contributed by atoms with van der Waals surface area (Å²) in [5, 5.41) is 0. The number of pyridine rings is 1. The van der Waals surface area contributed by atoms with Crippen LogP contribution in [0.25, 0.3) is 6.08 Å². The molecule has 0 aromatic carbocycles. The molecule has 0 amide bonds. The van der Waals surface area contributed by atoms with Crippen molar-refractivity contribution >= 4 is 6.08 Å². The summed E-state index contributed by atoms with van der Waals surface area (Å²) in [7, 11) is 0. The quantitative estimate of drug-likeness (QED) is 0.688. The second kappa shape index (κ2) is 3.99. The Morgan fingerprint density at radius 2 is 2.33 bits per heavy atom. The Bertz CT molecular complexity index is 270. The lowest BCUT2D eigenvalue weighted by Crippen LogP contribution is -2.20. The zero-order valence-corrected chi connectivity index (χ0v) is 6.90. The molecule has 0 radical (unpaired) electrons. The Labute approximate surface area is 72.1 Å². The predicted octanol–water partition coefficient (Wildman–Crippen LogP) is 0.683. The van der Waals surface area contributed by atoms with E-state index < -0.39 is 0 Å². The molecular formula is C9H13N3. The van der Waals surface area contributed by atoms with Crippen molar-refractivity contribution in [3.63, 3.8) is 0 Å². The van der Waals surface area contributed by atoms with Crippen LogP contribution in [-0.2, 0) is 0 Å². The topological polar surface area (TPSA) is 64.9 Å². The average molecular weight is 163 g/mol. The highest BCUT2D eigenvalue weighted by Crippen LogP contribution is 2.09. The molecule has 1 unspecified atom stereocenters. The summed E-state index contributed by atoms with van der Waals surface area (Å²) in [5.74, 6) is 0. The molecule has 0 fully saturated rings. The molecule has 1 aromatic rings. The van der Waals surface area contributed by atoms with Crippen LogP contribution in [-0.4, -0.2) is 11.5 Å². The third-order valence-electron chi connectivity index (χ3n) is 1.70. The lowest BCUT2D eigenvalue weighted by atomic mass is 10.1. The first-order valence-corrected chi connectivity index (χ1v) is 3.81. The molecule has 0 bridgehead atoms. The van der Waals surface area contributed by atoms with Gasteiger partial charge in [-0.1, -0.05) is 12.7 Å². The molecule has 0 spiro atoms. The largest absolute Gasteiger partial charge is 0.329 e. The van der Waals surface area contributed by atoms with Crippen LogP contribution in [0.15, 0.2) is 25.0 Å². The molecule has 0 saturated heterocycles. The van der Waals surface area contributed by atoms with Crippen molar-refractivity contribution in [1.82, 2.24) is 4.98 Å². The summed E-state index contributed by atoms with van der Waals surface area (Å²) in [4.78, 5) is 4.02. The van der Waals surface area contributed by atoms with Crippen LogP contribution in [0.3, 0.4) is 0 Å². The lowest BCUT2D eigenvalue weighted by molar-refractivity contribution is 0.733. The van der Waals surface area contributed by atoms with E-state index in [-0.39, 0.29) is 6.04 Å². The number of aromatic nitrogens is 1. The highest BCUT2D eigenvalue weighted by atomic mass is 14.7. The first-order chi connectivity index (χ1) is 5.77. The Morgan fingerprint density at radius 3 is 2.92 bits per heavy atom. The molecule has 3 nitrogen and oxygen atoms in total. The Morgan fingerprint density at radius 1 is 1.58 bits per heavy atom. The minimum Gasteiger partial charge on any atom is -0.329 e. The summed E-state index contributed by atoms with van der Waals surface area (Å²) < 4.78 is 0. The molecule has 1 atom stereocenters. The molecule has 4 N–H and O–H groups in total. The normalized spacial score (nSPS) is 12.5. The summed E-state index contributed by atoms with van der Waals surface area (Å²) in [6.45, 7) is 4.08. The van der Waals surface area contributed by atoms with Gasteiger partial charge in [-0.25, -0.2) is 0 Å². The SMILES string of the molecule is C=Cc1cncc(C(N)CN)c1.